The summed E-state index contributed by atoms with van der Waals surface area (Å²) in [5, 5.41) is 0. The third-order valence-electron chi connectivity index (χ3n) is 5.40. The van der Waals surface area contributed by atoms with Gasteiger partial charge in [-0.2, -0.15) is 0 Å². The molecule has 3 rings (SSSR count). The minimum atomic E-state index is -0.00187. The molecule has 2 saturated heterocycles. The highest BCUT2D eigenvalue weighted by Gasteiger charge is 2.30. The average Bonchev–Trinajstić information content (AvgIpc) is 3.17. The second-order valence-corrected chi connectivity index (χ2v) is 7.17. The Morgan fingerprint density at radius 3 is 2.68 bits per heavy atom. The maximum atomic E-state index is 12.6. The second-order valence-electron chi connectivity index (χ2n) is 7.17. The molecule has 1 aromatic rings. The topological polar surface area (TPSA) is 57.0 Å². The highest BCUT2D eigenvalue weighted by atomic mass is 16.3. The Morgan fingerprint density at radius 1 is 1.20 bits per heavy atom. The van der Waals surface area contributed by atoms with Crippen molar-refractivity contribution in [3.63, 3.8) is 0 Å². The summed E-state index contributed by atoms with van der Waals surface area (Å²) >= 11 is 0. The van der Waals surface area contributed by atoms with E-state index in [-0.39, 0.29) is 17.9 Å². The van der Waals surface area contributed by atoms with E-state index in [1.54, 1.807) is 13.0 Å². The molecule has 6 heteroatoms. The highest BCUT2D eigenvalue weighted by molar-refractivity contribution is 5.93. The lowest BCUT2D eigenvalue weighted by atomic mass is 10.0. The number of carbonyl (C=O) groups excluding carboxylic acids is 2. The first-order valence-corrected chi connectivity index (χ1v) is 9.46. The molecule has 2 aliphatic heterocycles. The molecule has 1 unspecified atom stereocenters. The van der Waals surface area contributed by atoms with Gasteiger partial charge in [-0.3, -0.25) is 9.59 Å². The zero-order valence-corrected chi connectivity index (χ0v) is 15.2. The van der Waals surface area contributed by atoms with E-state index in [9.17, 15) is 9.59 Å². The van der Waals surface area contributed by atoms with Crippen LogP contribution >= 0.6 is 0 Å². The van der Waals surface area contributed by atoms with E-state index in [0.717, 1.165) is 45.6 Å². The molecule has 0 aromatic carbocycles. The quantitative estimate of drug-likeness (QED) is 0.819. The van der Waals surface area contributed by atoms with Crippen LogP contribution in [0.3, 0.4) is 0 Å². The van der Waals surface area contributed by atoms with E-state index in [1.165, 1.54) is 31.8 Å². The Kier molecular flexibility index (Phi) is 6.13. The van der Waals surface area contributed by atoms with Crippen molar-refractivity contribution in [2.45, 2.75) is 45.1 Å². The third kappa shape index (κ3) is 4.63. The van der Waals surface area contributed by atoms with Gasteiger partial charge in [0.25, 0.3) is 5.91 Å². The van der Waals surface area contributed by atoms with Crippen LogP contribution in [0.4, 0.5) is 0 Å². The van der Waals surface area contributed by atoms with Crippen LogP contribution in [0.1, 0.15) is 49.4 Å². The molecule has 138 valence electrons. The Morgan fingerprint density at radius 2 is 2.00 bits per heavy atom. The summed E-state index contributed by atoms with van der Waals surface area (Å²) in [4.78, 5) is 31.1. The van der Waals surface area contributed by atoms with Gasteiger partial charge in [0.05, 0.1) is 11.8 Å². The van der Waals surface area contributed by atoms with Crippen molar-refractivity contribution in [2.24, 2.45) is 0 Å². The van der Waals surface area contributed by atoms with Gasteiger partial charge in [0, 0.05) is 39.1 Å². The van der Waals surface area contributed by atoms with Gasteiger partial charge in [0.1, 0.15) is 6.26 Å². The first-order chi connectivity index (χ1) is 12.1. The first kappa shape index (κ1) is 18.0. The lowest BCUT2D eigenvalue weighted by Crippen LogP contribution is -2.53. The van der Waals surface area contributed by atoms with Gasteiger partial charge in [-0.05, 0) is 44.8 Å². The summed E-state index contributed by atoms with van der Waals surface area (Å²) in [6.07, 6.45) is 8.75. The molecular formula is C19H29N3O3. The molecule has 2 amide bonds. The summed E-state index contributed by atoms with van der Waals surface area (Å²) in [6, 6.07) is 1.82. The second kappa shape index (κ2) is 8.52. The number of likely N-dealkylation sites (tertiary alicyclic amines) is 2. The van der Waals surface area contributed by atoms with Gasteiger partial charge in [0.2, 0.25) is 5.91 Å². The van der Waals surface area contributed by atoms with Gasteiger partial charge in [0.15, 0.2) is 0 Å². The van der Waals surface area contributed by atoms with Crippen LogP contribution in [0, 0.1) is 0 Å². The van der Waals surface area contributed by atoms with Crippen molar-refractivity contribution >= 4 is 11.8 Å². The van der Waals surface area contributed by atoms with E-state index in [4.69, 9.17) is 4.42 Å². The lowest BCUT2D eigenvalue weighted by molar-refractivity contribution is -0.132. The SMILES string of the molecule is CC(=O)N(CCN1CCCCC1)C1CCCN(C(=O)c2ccoc2)C1. The van der Waals surface area contributed by atoms with Gasteiger partial charge in [-0.25, -0.2) is 0 Å². The van der Waals surface area contributed by atoms with E-state index < -0.39 is 0 Å². The maximum absolute atomic E-state index is 12.6. The number of nitrogens with zero attached hydrogens (tertiary/aromatic N) is 3. The predicted octanol–water partition coefficient (Wildman–Crippen LogP) is 2.22. The molecule has 0 bridgehead atoms. The molecule has 3 heterocycles. The minimum Gasteiger partial charge on any atom is -0.472 e. The molecule has 0 N–H and O–H groups in total. The summed E-state index contributed by atoms with van der Waals surface area (Å²) in [5.74, 6) is 0.109. The number of carbonyl (C=O) groups is 2. The van der Waals surface area contributed by atoms with Crippen LogP contribution in [0.25, 0.3) is 0 Å². The molecule has 0 saturated carbocycles. The number of piperidine rings is 2. The molecule has 2 fully saturated rings. The fourth-order valence-corrected chi connectivity index (χ4v) is 3.99. The average molecular weight is 347 g/mol. The van der Waals surface area contributed by atoms with Crippen LogP contribution in [0.15, 0.2) is 23.0 Å². The third-order valence-corrected chi connectivity index (χ3v) is 5.40. The van der Waals surface area contributed by atoms with Crippen molar-refractivity contribution in [3.8, 4) is 0 Å². The minimum absolute atomic E-state index is 0.00187. The molecule has 0 radical (unpaired) electrons. The Labute approximate surface area is 149 Å². The first-order valence-electron chi connectivity index (χ1n) is 9.46. The maximum Gasteiger partial charge on any atom is 0.257 e. The van der Waals surface area contributed by atoms with Gasteiger partial charge in [-0.15, -0.1) is 0 Å². The molecule has 0 aliphatic carbocycles. The number of hydrogen-bond donors (Lipinski definition) is 0. The van der Waals surface area contributed by atoms with E-state index in [1.807, 2.05) is 9.80 Å². The summed E-state index contributed by atoms with van der Waals surface area (Å²) in [6.45, 7) is 6.98. The molecule has 1 aromatic heterocycles. The van der Waals surface area contributed by atoms with Crippen LogP contribution < -0.4 is 0 Å². The molecule has 6 nitrogen and oxygen atoms in total. The number of amides is 2. The normalized spacial score (nSPS) is 22.0. The van der Waals surface area contributed by atoms with Crippen molar-refractivity contribution in [2.75, 3.05) is 39.3 Å². The standard InChI is InChI=1S/C19H29N3O3/c1-16(23)22(12-11-20-8-3-2-4-9-20)18-6-5-10-21(14-18)19(24)17-7-13-25-15-17/h7,13,15,18H,2-6,8-12,14H2,1H3. The van der Waals surface area contributed by atoms with Crippen molar-refractivity contribution < 1.29 is 14.0 Å². The van der Waals surface area contributed by atoms with E-state index in [0.29, 0.717) is 12.1 Å². The predicted molar refractivity (Wildman–Crippen MR) is 95.3 cm³/mol. The summed E-state index contributed by atoms with van der Waals surface area (Å²) in [7, 11) is 0. The zero-order chi connectivity index (χ0) is 17.6. The Bertz CT molecular complexity index is 566. The van der Waals surface area contributed by atoms with Crippen LogP contribution in [-0.2, 0) is 4.79 Å². The van der Waals surface area contributed by atoms with Crippen molar-refractivity contribution in [3.05, 3.63) is 24.2 Å². The fourth-order valence-electron chi connectivity index (χ4n) is 3.99. The molecule has 25 heavy (non-hydrogen) atoms. The monoisotopic (exact) mass is 347 g/mol. The van der Waals surface area contributed by atoms with Gasteiger partial charge < -0.3 is 19.1 Å². The largest absolute Gasteiger partial charge is 0.472 e. The smallest absolute Gasteiger partial charge is 0.257 e. The zero-order valence-electron chi connectivity index (χ0n) is 15.2. The molecular weight excluding hydrogens is 318 g/mol. The Balaban J connectivity index is 1.58. The molecule has 0 spiro atoms. The van der Waals surface area contributed by atoms with Crippen LogP contribution in [0.2, 0.25) is 0 Å². The summed E-state index contributed by atoms with van der Waals surface area (Å²) < 4.78 is 5.03. The number of hydrogen-bond acceptors (Lipinski definition) is 4. The highest BCUT2D eigenvalue weighted by Crippen LogP contribution is 2.19. The van der Waals surface area contributed by atoms with Gasteiger partial charge >= 0.3 is 0 Å². The van der Waals surface area contributed by atoms with Crippen molar-refractivity contribution in [1.29, 1.82) is 0 Å². The number of furan rings is 1. The fraction of sp³-hybridized carbons (Fsp3) is 0.684. The summed E-state index contributed by atoms with van der Waals surface area (Å²) in [5.41, 5.74) is 0.586. The number of rotatable bonds is 5. The van der Waals surface area contributed by atoms with Crippen molar-refractivity contribution in [1.82, 2.24) is 14.7 Å². The lowest BCUT2D eigenvalue weighted by Gasteiger charge is -2.40. The van der Waals surface area contributed by atoms with E-state index in [2.05, 4.69) is 4.90 Å². The van der Waals surface area contributed by atoms with Gasteiger partial charge in [-0.1, -0.05) is 6.42 Å². The molecule has 1 atom stereocenters. The van der Waals surface area contributed by atoms with E-state index >= 15 is 0 Å². The Hall–Kier alpha value is -1.82. The van der Waals surface area contributed by atoms with Crippen LogP contribution in [-0.4, -0.2) is 71.8 Å². The van der Waals surface area contributed by atoms with Crippen LogP contribution in [0.5, 0.6) is 0 Å². The molecule has 2 aliphatic rings.